The molecule has 7 heteroatoms. The summed E-state index contributed by atoms with van der Waals surface area (Å²) in [6, 6.07) is 8.88. The van der Waals surface area contributed by atoms with Crippen LogP contribution in [0, 0.1) is 0 Å². The summed E-state index contributed by atoms with van der Waals surface area (Å²) >= 11 is 0. The number of ether oxygens (including phenoxy) is 5. The first kappa shape index (κ1) is 19.5. The van der Waals surface area contributed by atoms with Gasteiger partial charge < -0.3 is 23.7 Å². The highest BCUT2D eigenvalue weighted by Gasteiger charge is 2.35. The van der Waals surface area contributed by atoms with Crippen LogP contribution in [0.5, 0.6) is 17.2 Å². The first-order chi connectivity index (χ1) is 13.3. The second-order valence-electron chi connectivity index (χ2n) is 6.69. The van der Waals surface area contributed by atoms with E-state index in [1.54, 1.807) is 38.1 Å². The number of hydrogen-bond acceptors (Lipinski definition) is 7. The first-order valence-electron chi connectivity index (χ1n) is 8.65. The summed E-state index contributed by atoms with van der Waals surface area (Å²) in [5.74, 6) is 0.182. The fourth-order valence-electron chi connectivity index (χ4n) is 3.16. The predicted molar refractivity (Wildman–Crippen MR) is 101 cm³/mol. The van der Waals surface area contributed by atoms with E-state index in [0.717, 1.165) is 11.1 Å². The van der Waals surface area contributed by atoms with E-state index in [0.29, 0.717) is 28.4 Å². The number of methoxy groups -OCH3 is 3. The molecule has 0 atom stereocenters. The van der Waals surface area contributed by atoms with Crippen LogP contribution in [0.2, 0.25) is 0 Å². The fourth-order valence-corrected chi connectivity index (χ4v) is 3.16. The number of fused-ring (bicyclic) bond motifs is 1. The summed E-state index contributed by atoms with van der Waals surface area (Å²) in [6.45, 7) is 3.37. The van der Waals surface area contributed by atoms with Crippen LogP contribution in [0.25, 0.3) is 11.1 Å². The lowest BCUT2D eigenvalue weighted by Gasteiger charge is -2.27. The van der Waals surface area contributed by atoms with E-state index in [2.05, 4.69) is 0 Å². The molecule has 7 nitrogen and oxygen atoms in total. The average molecular weight is 386 g/mol. The molecule has 3 rings (SSSR count). The largest absolute Gasteiger partial charge is 0.493 e. The van der Waals surface area contributed by atoms with Gasteiger partial charge in [-0.2, -0.15) is 0 Å². The van der Waals surface area contributed by atoms with E-state index >= 15 is 0 Å². The van der Waals surface area contributed by atoms with Gasteiger partial charge in [0.1, 0.15) is 6.61 Å². The van der Waals surface area contributed by atoms with Crippen molar-refractivity contribution in [1.82, 2.24) is 0 Å². The Labute approximate surface area is 163 Å². The third-order valence-electron chi connectivity index (χ3n) is 4.57. The van der Waals surface area contributed by atoms with Crippen LogP contribution in [-0.4, -0.2) is 38.9 Å². The summed E-state index contributed by atoms with van der Waals surface area (Å²) in [7, 11) is 4.30. The number of cyclic esters (lactones) is 1. The van der Waals surface area contributed by atoms with Crippen molar-refractivity contribution in [2.45, 2.75) is 26.1 Å². The Bertz CT molecular complexity index is 931. The highest BCUT2D eigenvalue weighted by molar-refractivity contribution is 5.96. The lowest BCUT2D eigenvalue weighted by Crippen LogP contribution is -2.39. The minimum Gasteiger partial charge on any atom is -0.493 e. The van der Waals surface area contributed by atoms with Gasteiger partial charge in [-0.05, 0) is 37.6 Å². The van der Waals surface area contributed by atoms with E-state index in [1.807, 2.05) is 6.07 Å². The molecule has 0 aliphatic carbocycles. The number of carbonyl (C=O) groups excluding carboxylic acids is 2. The van der Waals surface area contributed by atoms with Gasteiger partial charge in [-0.3, -0.25) is 0 Å². The molecule has 1 heterocycles. The first-order valence-corrected chi connectivity index (χ1v) is 8.65. The van der Waals surface area contributed by atoms with Gasteiger partial charge in [0.2, 0.25) is 5.75 Å². The van der Waals surface area contributed by atoms with E-state index < -0.39 is 11.6 Å². The molecular formula is C21H22O7. The van der Waals surface area contributed by atoms with E-state index in [-0.39, 0.29) is 12.6 Å². The standard InChI is InChI=1S/C21H22O7/c1-21(2,20(23)26-5)28-17-13(9-10-16(24-3)18(17)25-4)12-7-6-8-14-15(12)11-27-19(14)22/h6-10H,11H2,1-5H3. The van der Waals surface area contributed by atoms with Crippen molar-refractivity contribution in [2.75, 3.05) is 21.3 Å². The van der Waals surface area contributed by atoms with Crippen LogP contribution >= 0.6 is 0 Å². The van der Waals surface area contributed by atoms with Gasteiger partial charge in [-0.15, -0.1) is 0 Å². The third-order valence-corrected chi connectivity index (χ3v) is 4.57. The van der Waals surface area contributed by atoms with Crippen molar-refractivity contribution in [1.29, 1.82) is 0 Å². The topological polar surface area (TPSA) is 80.3 Å². The zero-order chi connectivity index (χ0) is 20.5. The zero-order valence-corrected chi connectivity index (χ0v) is 16.5. The number of rotatable bonds is 6. The van der Waals surface area contributed by atoms with Gasteiger partial charge in [0.05, 0.1) is 26.9 Å². The van der Waals surface area contributed by atoms with Crippen molar-refractivity contribution < 1.29 is 33.3 Å². The molecule has 0 saturated carbocycles. The number of hydrogen-bond donors (Lipinski definition) is 0. The molecule has 0 unspecified atom stereocenters. The molecule has 0 amide bonds. The summed E-state index contributed by atoms with van der Waals surface area (Å²) in [4.78, 5) is 24.1. The summed E-state index contributed by atoms with van der Waals surface area (Å²) < 4.78 is 27.0. The Morgan fingerprint density at radius 1 is 0.964 bits per heavy atom. The van der Waals surface area contributed by atoms with E-state index in [9.17, 15) is 9.59 Å². The van der Waals surface area contributed by atoms with Crippen LogP contribution in [0.1, 0.15) is 29.8 Å². The van der Waals surface area contributed by atoms with Crippen molar-refractivity contribution in [2.24, 2.45) is 0 Å². The van der Waals surface area contributed by atoms with E-state index in [4.69, 9.17) is 23.7 Å². The van der Waals surface area contributed by atoms with Crippen molar-refractivity contribution in [3.05, 3.63) is 41.5 Å². The highest BCUT2D eigenvalue weighted by Crippen LogP contribution is 2.47. The molecule has 0 radical (unpaired) electrons. The summed E-state index contributed by atoms with van der Waals surface area (Å²) in [5.41, 5.74) is 1.36. The molecule has 1 aliphatic rings. The van der Waals surface area contributed by atoms with Gasteiger partial charge >= 0.3 is 11.9 Å². The Hall–Kier alpha value is -3.22. The molecule has 1 aliphatic heterocycles. The lowest BCUT2D eigenvalue weighted by molar-refractivity contribution is -0.156. The molecule has 28 heavy (non-hydrogen) atoms. The SMILES string of the molecule is COC(=O)C(C)(C)Oc1c(-c2cccc3c2COC3=O)ccc(OC)c1OC. The van der Waals surface area contributed by atoms with Crippen LogP contribution in [0.15, 0.2) is 30.3 Å². The van der Waals surface area contributed by atoms with Gasteiger partial charge in [0.15, 0.2) is 17.1 Å². The summed E-state index contributed by atoms with van der Waals surface area (Å²) in [5, 5.41) is 0. The lowest BCUT2D eigenvalue weighted by atomic mass is 9.95. The average Bonchev–Trinajstić information content (AvgIpc) is 3.07. The van der Waals surface area contributed by atoms with Crippen LogP contribution in [-0.2, 0) is 20.9 Å². The predicted octanol–water partition coefficient (Wildman–Crippen LogP) is 3.37. The van der Waals surface area contributed by atoms with Gasteiger partial charge in [0, 0.05) is 11.1 Å². The Morgan fingerprint density at radius 3 is 2.32 bits per heavy atom. The van der Waals surface area contributed by atoms with Crippen molar-refractivity contribution >= 4 is 11.9 Å². The molecule has 0 fully saturated rings. The second-order valence-corrected chi connectivity index (χ2v) is 6.69. The monoisotopic (exact) mass is 386 g/mol. The van der Waals surface area contributed by atoms with Crippen LogP contribution in [0.3, 0.4) is 0 Å². The molecule has 0 saturated heterocycles. The maximum absolute atomic E-state index is 12.2. The zero-order valence-electron chi connectivity index (χ0n) is 16.5. The summed E-state index contributed by atoms with van der Waals surface area (Å²) in [6.07, 6.45) is 0. The minimum atomic E-state index is -1.28. The molecule has 2 aromatic rings. The Balaban J connectivity index is 2.23. The maximum Gasteiger partial charge on any atom is 0.349 e. The molecular weight excluding hydrogens is 364 g/mol. The Kier molecular flexibility index (Phi) is 5.18. The van der Waals surface area contributed by atoms with Crippen LogP contribution in [0.4, 0.5) is 0 Å². The van der Waals surface area contributed by atoms with E-state index in [1.165, 1.54) is 21.3 Å². The molecule has 148 valence electrons. The molecule has 2 aromatic carbocycles. The maximum atomic E-state index is 12.2. The minimum absolute atomic E-state index is 0.165. The second kappa shape index (κ2) is 7.42. The van der Waals surface area contributed by atoms with Gasteiger partial charge in [-0.25, -0.2) is 9.59 Å². The normalized spacial score (nSPS) is 12.8. The Morgan fingerprint density at radius 2 is 1.68 bits per heavy atom. The van der Waals surface area contributed by atoms with Crippen LogP contribution < -0.4 is 14.2 Å². The smallest absolute Gasteiger partial charge is 0.349 e. The van der Waals surface area contributed by atoms with Gasteiger partial charge in [-0.1, -0.05) is 12.1 Å². The van der Waals surface area contributed by atoms with Crippen molar-refractivity contribution in [3.8, 4) is 28.4 Å². The fraction of sp³-hybridized carbons (Fsp3) is 0.333. The van der Waals surface area contributed by atoms with Crippen molar-refractivity contribution in [3.63, 3.8) is 0 Å². The van der Waals surface area contributed by atoms with Gasteiger partial charge in [0.25, 0.3) is 0 Å². The quantitative estimate of drug-likeness (QED) is 0.704. The molecule has 0 spiro atoms. The third kappa shape index (κ3) is 3.24. The molecule has 0 bridgehead atoms. The molecule has 0 aromatic heterocycles. The highest BCUT2D eigenvalue weighted by atomic mass is 16.6. The number of carbonyl (C=O) groups is 2. The number of benzene rings is 2. The number of esters is 2. The molecule has 0 N–H and O–H groups in total.